The molecule has 2 N–H and O–H groups in total. The number of nitrogens with zero attached hydrogens (tertiary/aromatic N) is 1. The minimum Gasteiger partial charge on any atom is -0.480 e. The van der Waals surface area contributed by atoms with Gasteiger partial charge in [-0.15, -0.1) is 0 Å². The molecule has 1 heterocycles. The normalized spacial score (nSPS) is 13.0. The summed E-state index contributed by atoms with van der Waals surface area (Å²) in [6.07, 6.45) is -2.91. The molecular weight excluding hydrogens is 336 g/mol. The van der Waals surface area contributed by atoms with Crippen molar-refractivity contribution in [1.82, 2.24) is 10.3 Å². The molecule has 0 saturated carbocycles. The maximum Gasteiger partial charge on any atom is 0.340 e. The summed E-state index contributed by atoms with van der Waals surface area (Å²) in [5, 5.41) is 11.3. The van der Waals surface area contributed by atoms with E-state index in [0.29, 0.717) is 0 Å². The van der Waals surface area contributed by atoms with Gasteiger partial charge in [0.2, 0.25) is 5.88 Å². The number of alkyl halides is 4. The fourth-order valence-electron chi connectivity index (χ4n) is 1.57. The Balaban J connectivity index is 2.70. The first-order valence-corrected chi connectivity index (χ1v) is 6.83. The number of nitrogens with one attached hydrogen (secondary N) is 1. The van der Waals surface area contributed by atoms with E-state index in [-0.39, 0.29) is 17.4 Å². The summed E-state index contributed by atoms with van der Waals surface area (Å²) >= 11 is 0. The molecule has 134 valence electrons. The van der Waals surface area contributed by atoms with Crippen LogP contribution in [0.25, 0.3) is 0 Å². The number of amides is 1. The predicted octanol–water partition coefficient (Wildman–Crippen LogP) is 2.20. The number of halogens is 4. The monoisotopic (exact) mass is 352 g/mol. The second-order valence-electron chi connectivity index (χ2n) is 5.27. The lowest BCUT2D eigenvalue weighted by Gasteiger charge is -2.18. The fourth-order valence-corrected chi connectivity index (χ4v) is 1.57. The zero-order chi connectivity index (χ0) is 18.5. The second-order valence-corrected chi connectivity index (χ2v) is 5.27. The Hall–Kier alpha value is -2.39. The van der Waals surface area contributed by atoms with Crippen LogP contribution in [-0.4, -0.2) is 47.0 Å². The molecule has 0 radical (unpaired) electrons. The van der Waals surface area contributed by atoms with Crippen molar-refractivity contribution in [3.05, 3.63) is 23.9 Å². The van der Waals surface area contributed by atoms with E-state index in [9.17, 15) is 27.2 Å². The van der Waals surface area contributed by atoms with Gasteiger partial charge in [0.25, 0.3) is 5.91 Å². The van der Waals surface area contributed by atoms with E-state index in [1.54, 1.807) is 13.8 Å². The molecule has 10 heteroatoms. The maximum atomic E-state index is 12.7. The van der Waals surface area contributed by atoms with Crippen LogP contribution in [0.1, 0.15) is 24.2 Å². The average molecular weight is 352 g/mol. The number of pyridine rings is 1. The third kappa shape index (κ3) is 5.36. The zero-order valence-electron chi connectivity index (χ0n) is 12.8. The van der Waals surface area contributed by atoms with Gasteiger partial charge < -0.3 is 15.2 Å². The molecule has 0 fully saturated rings. The van der Waals surface area contributed by atoms with E-state index in [1.165, 1.54) is 0 Å². The van der Waals surface area contributed by atoms with Crippen LogP contribution in [0.3, 0.4) is 0 Å². The second kappa shape index (κ2) is 7.93. The lowest BCUT2D eigenvalue weighted by Crippen LogP contribution is -2.44. The number of carbonyl (C=O) groups excluding carboxylic acids is 1. The number of carbonyl (C=O) groups is 2. The Morgan fingerprint density at radius 1 is 1.33 bits per heavy atom. The van der Waals surface area contributed by atoms with Gasteiger partial charge in [0.1, 0.15) is 6.04 Å². The molecule has 1 amide bonds. The predicted molar refractivity (Wildman–Crippen MR) is 74.4 cm³/mol. The summed E-state index contributed by atoms with van der Waals surface area (Å²) < 4.78 is 53.9. The lowest BCUT2D eigenvalue weighted by molar-refractivity contribution is -0.148. The van der Waals surface area contributed by atoms with Crippen molar-refractivity contribution >= 4 is 11.9 Å². The summed E-state index contributed by atoms with van der Waals surface area (Å²) in [6.45, 7) is 1.66. The van der Waals surface area contributed by atoms with Gasteiger partial charge in [0.15, 0.2) is 6.61 Å². The van der Waals surface area contributed by atoms with Crippen molar-refractivity contribution in [2.45, 2.75) is 32.2 Å². The van der Waals surface area contributed by atoms with Crippen LogP contribution in [0, 0.1) is 5.92 Å². The molecule has 0 bridgehead atoms. The van der Waals surface area contributed by atoms with Gasteiger partial charge in [0, 0.05) is 12.3 Å². The average Bonchev–Trinajstić information content (AvgIpc) is 2.50. The lowest BCUT2D eigenvalue weighted by atomic mass is 10.0. The third-order valence-corrected chi connectivity index (χ3v) is 2.95. The van der Waals surface area contributed by atoms with Crippen molar-refractivity contribution in [2.75, 3.05) is 6.61 Å². The summed E-state index contributed by atoms with van der Waals surface area (Å²) in [7, 11) is 0. The van der Waals surface area contributed by atoms with Crippen LogP contribution in [0.15, 0.2) is 18.3 Å². The van der Waals surface area contributed by atoms with Gasteiger partial charge in [-0.2, -0.15) is 8.78 Å². The molecular formula is C14H16F4N2O4. The van der Waals surface area contributed by atoms with E-state index in [1.807, 2.05) is 0 Å². The molecule has 0 spiro atoms. The highest BCUT2D eigenvalue weighted by molar-refractivity contribution is 5.96. The van der Waals surface area contributed by atoms with Gasteiger partial charge in [-0.05, 0) is 12.0 Å². The van der Waals surface area contributed by atoms with Gasteiger partial charge in [-0.3, -0.25) is 4.79 Å². The smallest absolute Gasteiger partial charge is 0.340 e. The highest BCUT2D eigenvalue weighted by Crippen LogP contribution is 2.23. The maximum absolute atomic E-state index is 12.7. The number of carboxylic acids is 1. The molecule has 6 nitrogen and oxygen atoms in total. The van der Waals surface area contributed by atoms with Crippen LogP contribution in [-0.2, 0) is 4.79 Å². The quantitative estimate of drug-likeness (QED) is 0.700. The first-order valence-electron chi connectivity index (χ1n) is 6.83. The van der Waals surface area contributed by atoms with Crippen molar-refractivity contribution in [3.63, 3.8) is 0 Å². The molecule has 1 aromatic heterocycles. The largest absolute Gasteiger partial charge is 0.480 e. The summed E-state index contributed by atoms with van der Waals surface area (Å²) in [5.74, 6) is -6.98. The fraction of sp³-hybridized carbons (Fsp3) is 0.500. The molecule has 0 aliphatic rings. The number of hydrogen-bond donors (Lipinski definition) is 2. The SMILES string of the molecule is CC(C)[C@H](NC(=O)c1ccc(OCC(F)(F)C(F)F)nc1)C(=O)O. The molecule has 24 heavy (non-hydrogen) atoms. The van der Waals surface area contributed by atoms with Crippen molar-refractivity contribution in [2.24, 2.45) is 5.92 Å². The van der Waals surface area contributed by atoms with E-state index in [0.717, 1.165) is 18.3 Å². The van der Waals surface area contributed by atoms with Crippen LogP contribution >= 0.6 is 0 Å². The zero-order valence-corrected chi connectivity index (χ0v) is 12.8. The van der Waals surface area contributed by atoms with Crippen LogP contribution in [0.5, 0.6) is 5.88 Å². The third-order valence-electron chi connectivity index (χ3n) is 2.95. The molecule has 0 aromatic carbocycles. The summed E-state index contributed by atoms with van der Waals surface area (Å²) in [6, 6.07) is 1.08. The van der Waals surface area contributed by atoms with Crippen molar-refractivity contribution < 1.29 is 37.0 Å². The van der Waals surface area contributed by atoms with E-state index >= 15 is 0 Å². The molecule has 1 rings (SSSR count). The first-order chi connectivity index (χ1) is 11.0. The highest BCUT2D eigenvalue weighted by atomic mass is 19.3. The number of aliphatic carboxylic acids is 1. The number of aromatic nitrogens is 1. The molecule has 0 saturated heterocycles. The Kier molecular flexibility index (Phi) is 6.50. The topological polar surface area (TPSA) is 88.5 Å². The molecule has 0 aliphatic heterocycles. The van der Waals surface area contributed by atoms with E-state index in [4.69, 9.17) is 5.11 Å². The Labute approximate surface area is 134 Å². The Morgan fingerprint density at radius 2 is 1.96 bits per heavy atom. The van der Waals surface area contributed by atoms with Crippen molar-refractivity contribution in [3.8, 4) is 5.88 Å². The van der Waals surface area contributed by atoms with E-state index in [2.05, 4.69) is 15.0 Å². The minimum atomic E-state index is -4.32. The Morgan fingerprint density at radius 3 is 2.38 bits per heavy atom. The number of carboxylic acid groups (broad SMARTS) is 1. The van der Waals surface area contributed by atoms with Gasteiger partial charge >= 0.3 is 18.3 Å². The molecule has 0 unspecified atom stereocenters. The van der Waals surface area contributed by atoms with Gasteiger partial charge in [0.05, 0.1) is 5.56 Å². The first kappa shape index (κ1) is 19.7. The number of rotatable bonds is 8. The van der Waals surface area contributed by atoms with Gasteiger partial charge in [-0.1, -0.05) is 13.8 Å². The summed E-state index contributed by atoms with van der Waals surface area (Å²) in [4.78, 5) is 26.5. The van der Waals surface area contributed by atoms with Crippen LogP contribution in [0.2, 0.25) is 0 Å². The molecule has 1 aromatic rings. The molecule has 0 aliphatic carbocycles. The van der Waals surface area contributed by atoms with E-state index < -0.39 is 36.9 Å². The molecule has 1 atom stereocenters. The standard InChI is InChI=1S/C14H16F4N2O4/c1-7(2)10(12(22)23)20-11(21)8-3-4-9(19-5-8)24-6-14(17,18)13(15)16/h3-5,7,10,13H,6H2,1-2H3,(H,20,21)(H,22,23)/t10-/m0/s1. The summed E-state index contributed by atoms with van der Waals surface area (Å²) in [5.41, 5.74) is -0.0325. The van der Waals surface area contributed by atoms with Crippen molar-refractivity contribution in [1.29, 1.82) is 0 Å². The number of hydrogen-bond acceptors (Lipinski definition) is 4. The van der Waals surface area contributed by atoms with Crippen LogP contribution < -0.4 is 10.1 Å². The Bertz CT molecular complexity index is 579. The number of ether oxygens (including phenoxy) is 1. The van der Waals surface area contributed by atoms with Crippen LogP contribution in [0.4, 0.5) is 17.6 Å². The highest BCUT2D eigenvalue weighted by Gasteiger charge is 2.41. The minimum absolute atomic E-state index is 0.0325. The van der Waals surface area contributed by atoms with Gasteiger partial charge in [-0.25, -0.2) is 18.6 Å².